The first-order valence-corrected chi connectivity index (χ1v) is 4.35. The minimum atomic E-state index is 0.675. The quantitative estimate of drug-likeness (QED) is 0.570. The molecule has 0 aromatic carbocycles. The third kappa shape index (κ3) is 6.32. The summed E-state index contributed by atoms with van der Waals surface area (Å²) in [6.45, 7) is 10.8. The molecule has 0 amide bonds. The molecule has 0 aromatic rings. The topological polar surface area (TPSA) is 12.5 Å². The van der Waals surface area contributed by atoms with Crippen molar-refractivity contribution in [1.29, 1.82) is 0 Å². The lowest BCUT2D eigenvalue weighted by atomic mass is 10.2. The minimum Gasteiger partial charge on any atom is -0.302 e. The molecule has 0 rings (SSSR count). The molecule has 0 aliphatic rings. The number of hydrogen-bond acceptors (Lipinski definition) is 2. The van der Waals surface area contributed by atoms with Crippen LogP contribution in [0.4, 0.5) is 0 Å². The van der Waals surface area contributed by atoms with E-state index in [0.29, 0.717) is 11.8 Å². The average Bonchev–Trinajstić information content (AvgIpc) is 1.84. The Labute approximate surface area is 70.5 Å². The van der Waals surface area contributed by atoms with Crippen LogP contribution in [-0.2, 0) is 4.84 Å². The molecule has 0 unspecified atom stereocenters. The largest absolute Gasteiger partial charge is 0.302 e. The molecule has 0 spiro atoms. The predicted octanol–water partition coefficient (Wildman–Crippen LogP) is 2.16. The molecule has 0 radical (unpaired) electrons. The van der Waals surface area contributed by atoms with Crippen molar-refractivity contribution in [2.24, 2.45) is 11.8 Å². The molecule has 0 saturated heterocycles. The van der Waals surface area contributed by atoms with Crippen molar-refractivity contribution in [3.63, 3.8) is 0 Å². The Balaban J connectivity index is 3.58. The van der Waals surface area contributed by atoms with Crippen LogP contribution in [0.2, 0.25) is 0 Å². The normalized spacial score (nSPS) is 12.0. The fourth-order valence-corrected chi connectivity index (χ4v) is 1.04. The van der Waals surface area contributed by atoms with Gasteiger partial charge in [-0.2, -0.15) is 5.06 Å². The summed E-state index contributed by atoms with van der Waals surface area (Å²) in [5.41, 5.74) is 0. The molecule has 11 heavy (non-hydrogen) atoms. The molecule has 0 atom stereocenters. The van der Waals surface area contributed by atoms with Gasteiger partial charge in [-0.25, -0.2) is 0 Å². The third-order valence-electron chi connectivity index (χ3n) is 1.40. The second-order valence-corrected chi connectivity index (χ2v) is 3.82. The Bertz CT molecular complexity index is 81.6. The highest BCUT2D eigenvalue weighted by atomic mass is 16.7. The number of hydroxylamine groups is 2. The van der Waals surface area contributed by atoms with E-state index in [4.69, 9.17) is 4.84 Å². The fourth-order valence-electron chi connectivity index (χ4n) is 1.04. The van der Waals surface area contributed by atoms with Crippen LogP contribution in [0.25, 0.3) is 0 Å². The highest BCUT2D eigenvalue weighted by Gasteiger charge is 2.07. The van der Waals surface area contributed by atoms with Gasteiger partial charge in [-0.15, -0.1) is 0 Å². The summed E-state index contributed by atoms with van der Waals surface area (Å²) in [7, 11) is 1.74. The van der Waals surface area contributed by atoms with Gasteiger partial charge in [0, 0.05) is 13.1 Å². The predicted molar refractivity (Wildman–Crippen MR) is 48.3 cm³/mol. The molecule has 0 aliphatic carbocycles. The van der Waals surface area contributed by atoms with Crippen LogP contribution < -0.4 is 0 Å². The van der Waals surface area contributed by atoms with Gasteiger partial charge < -0.3 is 4.84 Å². The van der Waals surface area contributed by atoms with Crippen molar-refractivity contribution in [3.05, 3.63) is 0 Å². The first kappa shape index (κ1) is 10.9. The van der Waals surface area contributed by atoms with Crippen molar-refractivity contribution in [1.82, 2.24) is 5.06 Å². The van der Waals surface area contributed by atoms with E-state index in [2.05, 4.69) is 27.7 Å². The van der Waals surface area contributed by atoms with Gasteiger partial charge in [0.05, 0.1) is 7.11 Å². The Morgan fingerprint density at radius 3 is 1.55 bits per heavy atom. The van der Waals surface area contributed by atoms with Crippen molar-refractivity contribution >= 4 is 0 Å². The number of rotatable bonds is 5. The first-order chi connectivity index (χ1) is 5.06. The lowest BCUT2D eigenvalue weighted by molar-refractivity contribution is -0.143. The second kappa shape index (κ2) is 5.56. The Kier molecular flexibility index (Phi) is 5.51. The van der Waals surface area contributed by atoms with Crippen LogP contribution in [0.1, 0.15) is 27.7 Å². The van der Waals surface area contributed by atoms with Gasteiger partial charge >= 0.3 is 0 Å². The summed E-state index contributed by atoms with van der Waals surface area (Å²) < 4.78 is 0. The minimum absolute atomic E-state index is 0.675. The van der Waals surface area contributed by atoms with Crippen LogP contribution in [0.3, 0.4) is 0 Å². The summed E-state index contributed by atoms with van der Waals surface area (Å²) in [5.74, 6) is 1.35. The molecule has 0 fully saturated rings. The molecule has 68 valence electrons. The van der Waals surface area contributed by atoms with Crippen molar-refractivity contribution in [2.45, 2.75) is 27.7 Å². The van der Waals surface area contributed by atoms with Crippen molar-refractivity contribution in [3.8, 4) is 0 Å². The Morgan fingerprint density at radius 1 is 1.00 bits per heavy atom. The van der Waals surface area contributed by atoms with Gasteiger partial charge in [-0.05, 0) is 11.8 Å². The zero-order valence-corrected chi connectivity index (χ0v) is 8.42. The zero-order chi connectivity index (χ0) is 8.85. The molecule has 0 N–H and O–H groups in total. The molecule has 0 saturated carbocycles. The van der Waals surface area contributed by atoms with E-state index in [9.17, 15) is 0 Å². The highest BCUT2D eigenvalue weighted by Crippen LogP contribution is 2.02. The molecule has 2 nitrogen and oxygen atoms in total. The second-order valence-electron chi connectivity index (χ2n) is 3.82. The standard InChI is InChI=1S/C9H21NO/c1-8(2)6-10(11-5)7-9(3)4/h8-9H,6-7H2,1-5H3. The highest BCUT2D eigenvalue weighted by molar-refractivity contribution is 4.53. The lowest BCUT2D eigenvalue weighted by Crippen LogP contribution is -2.30. The van der Waals surface area contributed by atoms with Crippen LogP contribution in [0.5, 0.6) is 0 Å². The van der Waals surface area contributed by atoms with Crippen LogP contribution in [-0.4, -0.2) is 25.3 Å². The van der Waals surface area contributed by atoms with E-state index in [1.54, 1.807) is 7.11 Å². The summed E-state index contributed by atoms with van der Waals surface area (Å²) in [6, 6.07) is 0. The molecule has 0 aromatic heterocycles. The summed E-state index contributed by atoms with van der Waals surface area (Å²) in [5, 5.41) is 2.02. The number of hydrogen-bond donors (Lipinski definition) is 0. The molecule has 0 heterocycles. The zero-order valence-electron chi connectivity index (χ0n) is 8.42. The van der Waals surface area contributed by atoms with Crippen LogP contribution in [0.15, 0.2) is 0 Å². The molecule has 0 aliphatic heterocycles. The molecule has 2 heteroatoms. The van der Waals surface area contributed by atoms with E-state index >= 15 is 0 Å². The third-order valence-corrected chi connectivity index (χ3v) is 1.40. The summed E-state index contributed by atoms with van der Waals surface area (Å²) in [6.07, 6.45) is 0. The van der Waals surface area contributed by atoms with E-state index in [1.165, 1.54) is 0 Å². The average molecular weight is 159 g/mol. The maximum Gasteiger partial charge on any atom is 0.0575 e. The van der Waals surface area contributed by atoms with Crippen LogP contribution in [0, 0.1) is 11.8 Å². The van der Waals surface area contributed by atoms with E-state index in [-0.39, 0.29) is 0 Å². The van der Waals surface area contributed by atoms with E-state index in [0.717, 1.165) is 13.1 Å². The lowest BCUT2D eigenvalue weighted by Gasteiger charge is -2.23. The van der Waals surface area contributed by atoms with Gasteiger partial charge in [0.2, 0.25) is 0 Å². The number of nitrogens with zero attached hydrogens (tertiary/aromatic N) is 1. The first-order valence-electron chi connectivity index (χ1n) is 4.35. The van der Waals surface area contributed by atoms with Gasteiger partial charge in [-0.3, -0.25) is 0 Å². The fraction of sp³-hybridized carbons (Fsp3) is 1.00. The summed E-state index contributed by atoms with van der Waals surface area (Å²) >= 11 is 0. The van der Waals surface area contributed by atoms with Crippen molar-refractivity contribution in [2.75, 3.05) is 20.2 Å². The molecule has 0 bridgehead atoms. The van der Waals surface area contributed by atoms with E-state index in [1.807, 2.05) is 5.06 Å². The Morgan fingerprint density at radius 2 is 1.36 bits per heavy atom. The molecular formula is C9H21NO. The van der Waals surface area contributed by atoms with Gasteiger partial charge in [0.15, 0.2) is 0 Å². The maximum absolute atomic E-state index is 5.21. The SMILES string of the molecule is CON(CC(C)C)CC(C)C. The van der Waals surface area contributed by atoms with E-state index < -0.39 is 0 Å². The summed E-state index contributed by atoms with van der Waals surface area (Å²) in [4.78, 5) is 5.21. The van der Waals surface area contributed by atoms with Gasteiger partial charge in [0.25, 0.3) is 0 Å². The van der Waals surface area contributed by atoms with Crippen LogP contribution >= 0.6 is 0 Å². The van der Waals surface area contributed by atoms with Gasteiger partial charge in [-0.1, -0.05) is 27.7 Å². The smallest absolute Gasteiger partial charge is 0.0575 e. The molecular weight excluding hydrogens is 138 g/mol. The monoisotopic (exact) mass is 159 g/mol. The van der Waals surface area contributed by atoms with Crippen molar-refractivity contribution < 1.29 is 4.84 Å². The Hall–Kier alpha value is -0.0800. The maximum atomic E-state index is 5.21. The van der Waals surface area contributed by atoms with Gasteiger partial charge in [0.1, 0.15) is 0 Å².